The Balaban J connectivity index is 1.34. The fourth-order valence-electron chi connectivity index (χ4n) is 5.82. The molecule has 8 heteroatoms. The predicted octanol–water partition coefficient (Wildman–Crippen LogP) is 6.22. The average molecular weight is 566 g/mol. The summed E-state index contributed by atoms with van der Waals surface area (Å²) in [7, 11) is 5.57. The first-order chi connectivity index (χ1) is 20.1. The largest absolute Gasteiger partial charge is 0.497 e. The van der Waals surface area contributed by atoms with Crippen LogP contribution in [0.2, 0.25) is 0 Å². The molecule has 1 atom stereocenters. The monoisotopic (exact) mass is 565 g/mol. The number of nitrogens with zero attached hydrogens (tertiary/aromatic N) is 3. The van der Waals surface area contributed by atoms with E-state index in [2.05, 4.69) is 64.7 Å². The number of rotatable bonds is 5. The number of likely N-dealkylation sites (N-methyl/N-ethyl adjacent to an activating group) is 1. The summed E-state index contributed by atoms with van der Waals surface area (Å²) in [6.45, 7) is 2.77. The Hall–Kier alpha value is -4.14. The lowest BCUT2D eigenvalue weighted by Crippen LogP contribution is -2.40. The molecule has 0 saturated carbocycles. The molecule has 1 unspecified atom stereocenters. The zero-order chi connectivity index (χ0) is 27.9. The Labute approximate surface area is 244 Å². The average Bonchev–Trinajstić information content (AvgIpc) is 3.44. The van der Waals surface area contributed by atoms with Crippen LogP contribution < -0.4 is 18.9 Å². The summed E-state index contributed by atoms with van der Waals surface area (Å²) < 4.78 is 22.6. The van der Waals surface area contributed by atoms with Gasteiger partial charge < -0.3 is 23.8 Å². The van der Waals surface area contributed by atoms with Gasteiger partial charge in [-0.25, -0.2) is 4.99 Å². The summed E-state index contributed by atoms with van der Waals surface area (Å²) in [5, 5.41) is 3.18. The van der Waals surface area contributed by atoms with Gasteiger partial charge in [-0.1, -0.05) is 36.0 Å². The number of methoxy groups -OCH3 is 2. The van der Waals surface area contributed by atoms with Crippen LogP contribution in [0.4, 0.5) is 0 Å². The van der Waals surface area contributed by atoms with E-state index >= 15 is 0 Å². The van der Waals surface area contributed by atoms with E-state index in [9.17, 15) is 0 Å². The molecule has 0 bridgehead atoms. The van der Waals surface area contributed by atoms with Crippen molar-refractivity contribution in [3.63, 3.8) is 0 Å². The first kappa shape index (κ1) is 25.8. The van der Waals surface area contributed by atoms with E-state index in [1.165, 1.54) is 16.7 Å². The molecule has 7 nitrogen and oxygen atoms in total. The highest BCUT2D eigenvalue weighted by atomic mass is 32.2. The van der Waals surface area contributed by atoms with Crippen molar-refractivity contribution in [2.24, 2.45) is 4.99 Å². The van der Waals surface area contributed by atoms with E-state index in [-0.39, 0.29) is 6.04 Å². The molecule has 0 N–H and O–H groups in total. The van der Waals surface area contributed by atoms with Crippen LogP contribution in [0.15, 0.2) is 94.0 Å². The number of aliphatic imine (C=N–C) groups is 1. The van der Waals surface area contributed by atoms with Crippen molar-refractivity contribution in [2.45, 2.75) is 6.04 Å². The fraction of sp³-hybridized carbons (Fsp3) is 0.242. The second kappa shape index (κ2) is 10.7. The molecule has 0 saturated heterocycles. The molecule has 4 aliphatic rings. The maximum absolute atomic E-state index is 5.93. The van der Waals surface area contributed by atoms with Crippen molar-refractivity contribution < 1.29 is 18.9 Å². The molecule has 3 aromatic carbocycles. The fourth-order valence-corrected chi connectivity index (χ4v) is 6.75. The molecule has 0 radical (unpaired) electrons. The maximum Gasteiger partial charge on any atom is 0.174 e. The van der Waals surface area contributed by atoms with E-state index in [1.54, 1.807) is 26.0 Å². The van der Waals surface area contributed by atoms with Crippen molar-refractivity contribution >= 4 is 28.7 Å². The van der Waals surface area contributed by atoms with Crippen LogP contribution in [-0.4, -0.2) is 62.5 Å². The minimum atomic E-state index is -0.0279. The molecule has 208 valence electrons. The van der Waals surface area contributed by atoms with Crippen molar-refractivity contribution in [2.75, 3.05) is 47.6 Å². The SMILES string of the molecule is COc1ccc(C=C2CN(C)CC3=C2N=C2SC=C(c4ccc5c(c4)OCCO5)N2C3c2ccc(OC)cc2)cc1. The zero-order valence-corrected chi connectivity index (χ0v) is 24.1. The number of ether oxygens (including phenoxy) is 4. The van der Waals surface area contributed by atoms with E-state index in [4.69, 9.17) is 23.9 Å². The van der Waals surface area contributed by atoms with Gasteiger partial charge in [0.2, 0.25) is 0 Å². The number of hydrogen-bond donors (Lipinski definition) is 0. The van der Waals surface area contributed by atoms with Gasteiger partial charge >= 0.3 is 0 Å². The van der Waals surface area contributed by atoms with Gasteiger partial charge in [-0.15, -0.1) is 0 Å². The van der Waals surface area contributed by atoms with Gasteiger partial charge in [-0.05, 0) is 77.9 Å². The number of fused-ring (bicyclic) bond motifs is 2. The third kappa shape index (κ3) is 4.77. The number of amidine groups is 1. The van der Waals surface area contributed by atoms with E-state index < -0.39 is 0 Å². The van der Waals surface area contributed by atoms with Gasteiger partial charge in [-0.3, -0.25) is 4.90 Å². The van der Waals surface area contributed by atoms with Crippen LogP contribution in [0.5, 0.6) is 23.0 Å². The minimum Gasteiger partial charge on any atom is -0.497 e. The van der Waals surface area contributed by atoms with Crippen molar-refractivity contribution in [3.05, 3.63) is 106 Å². The van der Waals surface area contributed by atoms with Crippen LogP contribution in [0.3, 0.4) is 0 Å². The van der Waals surface area contributed by atoms with Gasteiger partial charge in [-0.2, -0.15) is 0 Å². The highest BCUT2D eigenvalue weighted by molar-refractivity contribution is 8.16. The third-order valence-corrected chi connectivity index (χ3v) is 8.59. The van der Waals surface area contributed by atoms with Crippen LogP contribution >= 0.6 is 11.8 Å². The lowest BCUT2D eigenvalue weighted by atomic mass is 9.88. The zero-order valence-electron chi connectivity index (χ0n) is 23.3. The molecule has 4 aliphatic heterocycles. The molecular weight excluding hydrogens is 534 g/mol. The quantitative estimate of drug-likeness (QED) is 0.364. The van der Waals surface area contributed by atoms with Gasteiger partial charge in [0.15, 0.2) is 16.7 Å². The summed E-state index contributed by atoms with van der Waals surface area (Å²) in [5.41, 5.74) is 8.06. The Morgan fingerprint density at radius 1 is 0.878 bits per heavy atom. The van der Waals surface area contributed by atoms with Gasteiger partial charge in [0, 0.05) is 24.1 Å². The van der Waals surface area contributed by atoms with E-state index in [1.807, 2.05) is 30.3 Å². The Morgan fingerprint density at radius 3 is 2.32 bits per heavy atom. The molecule has 0 aromatic heterocycles. The van der Waals surface area contributed by atoms with Gasteiger partial charge in [0.25, 0.3) is 0 Å². The normalized spacial score (nSPS) is 20.8. The summed E-state index contributed by atoms with van der Waals surface area (Å²) >= 11 is 1.67. The molecule has 0 fully saturated rings. The number of hydrogen-bond acceptors (Lipinski definition) is 8. The van der Waals surface area contributed by atoms with E-state index in [0.29, 0.717) is 13.2 Å². The topological polar surface area (TPSA) is 55.8 Å². The summed E-state index contributed by atoms with van der Waals surface area (Å²) in [5.74, 6) is 3.26. The second-order valence-electron chi connectivity index (χ2n) is 10.4. The third-order valence-electron chi connectivity index (χ3n) is 7.75. The lowest BCUT2D eigenvalue weighted by Gasteiger charge is -2.42. The standard InChI is InChI=1S/C33H31N3O4S/c1-35-18-24(16-21-4-9-25(37-2)10-5-21)31-27(19-35)32(22-6-11-26(38-3)12-7-22)36-28(20-41-33(36)34-31)23-8-13-29-30(17-23)40-15-14-39-29/h4-13,16-17,20,32H,14-15,18-19H2,1-3H3. The molecule has 41 heavy (non-hydrogen) atoms. The molecule has 3 aromatic rings. The van der Waals surface area contributed by atoms with Gasteiger partial charge in [0.05, 0.1) is 31.7 Å². The maximum atomic E-state index is 5.93. The van der Waals surface area contributed by atoms with Crippen LogP contribution in [0, 0.1) is 0 Å². The Bertz CT molecular complexity index is 1610. The highest BCUT2D eigenvalue weighted by Gasteiger charge is 2.41. The molecule has 0 amide bonds. The Morgan fingerprint density at radius 2 is 1.59 bits per heavy atom. The van der Waals surface area contributed by atoms with E-state index in [0.717, 1.165) is 63.8 Å². The molecular formula is C33H31N3O4S. The molecule has 7 rings (SSSR count). The van der Waals surface area contributed by atoms with Crippen molar-refractivity contribution in [3.8, 4) is 23.0 Å². The van der Waals surface area contributed by atoms with Crippen LogP contribution in [0.1, 0.15) is 22.7 Å². The van der Waals surface area contributed by atoms with Crippen LogP contribution in [0.25, 0.3) is 11.8 Å². The predicted molar refractivity (Wildman–Crippen MR) is 164 cm³/mol. The lowest BCUT2D eigenvalue weighted by molar-refractivity contribution is 0.171. The minimum absolute atomic E-state index is 0.0279. The smallest absolute Gasteiger partial charge is 0.174 e. The number of thioether (sulfide) groups is 1. The molecule has 0 aliphatic carbocycles. The highest BCUT2D eigenvalue weighted by Crippen LogP contribution is 2.50. The Kier molecular flexibility index (Phi) is 6.73. The van der Waals surface area contributed by atoms with Gasteiger partial charge in [0.1, 0.15) is 24.7 Å². The molecule has 4 heterocycles. The van der Waals surface area contributed by atoms with Crippen molar-refractivity contribution in [1.82, 2.24) is 9.80 Å². The summed E-state index contributed by atoms with van der Waals surface area (Å²) in [4.78, 5) is 10.1. The first-order valence-corrected chi connectivity index (χ1v) is 14.5. The van der Waals surface area contributed by atoms with Crippen LogP contribution in [-0.2, 0) is 0 Å². The first-order valence-electron chi connectivity index (χ1n) is 13.7. The summed E-state index contributed by atoms with van der Waals surface area (Å²) in [6.07, 6.45) is 2.25. The summed E-state index contributed by atoms with van der Waals surface area (Å²) in [6, 6.07) is 22.8. The molecule has 0 spiro atoms. The van der Waals surface area contributed by atoms with Crippen molar-refractivity contribution in [1.29, 1.82) is 0 Å². The second-order valence-corrected chi connectivity index (χ2v) is 11.2. The number of benzene rings is 3.